The molecule has 10 heteroatoms. The Bertz CT molecular complexity index is 468. The molecule has 0 aromatic rings. The van der Waals surface area contributed by atoms with Crippen molar-refractivity contribution in [2.75, 3.05) is 32.6 Å². The first-order valence-electron chi connectivity index (χ1n) is 7.24. The van der Waals surface area contributed by atoms with Crippen LogP contribution < -0.4 is 10.6 Å². The first-order chi connectivity index (χ1) is 11.2. The third-order valence-corrected chi connectivity index (χ3v) is 3.89. The molecule has 1 unspecified atom stereocenters. The molecule has 0 radical (unpaired) electrons. The number of carbonyl (C=O) groups is 4. The Morgan fingerprint density at radius 1 is 1.17 bits per heavy atom. The van der Waals surface area contributed by atoms with Gasteiger partial charge in [-0.05, 0) is 0 Å². The van der Waals surface area contributed by atoms with Gasteiger partial charge >= 0.3 is 5.97 Å². The van der Waals surface area contributed by atoms with Crippen molar-refractivity contribution in [3.63, 3.8) is 0 Å². The number of hydrogen-bond acceptors (Lipinski definition) is 8. The highest BCUT2D eigenvalue weighted by atomic mass is 32.2. The molecule has 0 aliphatic heterocycles. The number of carbonyl (C=O) groups excluding carboxylic acids is 4. The Hall–Kier alpha value is -1.65. The van der Waals surface area contributed by atoms with Gasteiger partial charge in [-0.2, -0.15) is 0 Å². The highest BCUT2D eigenvalue weighted by Gasteiger charge is 2.32. The van der Waals surface area contributed by atoms with Crippen LogP contribution in [0, 0.1) is 5.41 Å². The van der Waals surface area contributed by atoms with Crippen LogP contribution in [0.15, 0.2) is 0 Å². The van der Waals surface area contributed by atoms with Gasteiger partial charge in [0.2, 0.25) is 11.8 Å². The van der Waals surface area contributed by atoms with E-state index in [4.69, 9.17) is 5.11 Å². The molecule has 0 aromatic carbocycles. The minimum absolute atomic E-state index is 0.00632. The standard InChI is InChI=1S/C14H24N2O7S/c1-14(2,8-17)10(19)11(20)16-5-4-9(18)15-6-7-24-13(22)12(21)23-3/h10,17,19H,4-8H2,1-3H3,(H,15,18)(H,16,20). The zero-order valence-corrected chi connectivity index (χ0v) is 14.8. The van der Waals surface area contributed by atoms with E-state index in [1.54, 1.807) is 0 Å². The number of esters is 1. The summed E-state index contributed by atoms with van der Waals surface area (Å²) in [6.07, 6.45) is -1.39. The molecule has 2 amide bonds. The van der Waals surface area contributed by atoms with Gasteiger partial charge in [-0.1, -0.05) is 25.6 Å². The molecule has 0 saturated heterocycles. The Morgan fingerprint density at radius 3 is 2.33 bits per heavy atom. The summed E-state index contributed by atoms with van der Waals surface area (Å²) in [6, 6.07) is 0. The SMILES string of the molecule is COC(=O)C(=O)SCCNC(=O)CCNC(=O)C(O)C(C)(C)CO. The van der Waals surface area contributed by atoms with Crippen LogP contribution in [0.5, 0.6) is 0 Å². The lowest BCUT2D eigenvalue weighted by Gasteiger charge is -2.27. The molecule has 0 aromatic heterocycles. The van der Waals surface area contributed by atoms with Crippen molar-refractivity contribution in [2.24, 2.45) is 5.41 Å². The number of aliphatic hydroxyl groups is 2. The van der Waals surface area contributed by atoms with Gasteiger partial charge in [0.15, 0.2) is 0 Å². The third-order valence-electron chi connectivity index (χ3n) is 3.06. The molecule has 4 N–H and O–H groups in total. The lowest BCUT2D eigenvalue weighted by molar-refractivity contribution is -0.147. The van der Waals surface area contributed by atoms with Crippen molar-refractivity contribution in [1.82, 2.24) is 10.6 Å². The van der Waals surface area contributed by atoms with Crippen molar-refractivity contribution in [2.45, 2.75) is 26.4 Å². The number of aliphatic hydroxyl groups excluding tert-OH is 2. The van der Waals surface area contributed by atoms with E-state index in [9.17, 15) is 24.3 Å². The van der Waals surface area contributed by atoms with E-state index in [2.05, 4.69) is 15.4 Å². The Labute approximate surface area is 144 Å². The molecule has 0 rings (SSSR count). The minimum Gasteiger partial charge on any atom is -0.463 e. The molecule has 0 spiro atoms. The maximum Gasteiger partial charge on any atom is 0.385 e. The summed E-state index contributed by atoms with van der Waals surface area (Å²) < 4.78 is 4.24. The molecule has 0 fully saturated rings. The predicted octanol–water partition coefficient (Wildman–Crippen LogP) is -1.58. The lowest BCUT2D eigenvalue weighted by Crippen LogP contribution is -2.46. The molecule has 24 heavy (non-hydrogen) atoms. The summed E-state index contributed by atoms with van der Waals surface area (Å²) >= 11 is 0.734. The number of methoxy groups -OCH3 is 1. The fraction of sp³-hybridized carbons (Fsp3) is 0.714. The number of hydrogen-bond donors (Lipinski definition) is 4. The van der Waals surface area contributed by atoms with Gasteiger partial charge in [-0.15, -0.1) is 0 Å². The number of amides is 2. The summed E-state index contributed by atoms with van der Waals surface area (Å²) in [5, 5.41) is 23.0. The number of nitrogens with one attached hydrogen (secondary N) is 2. The lowest BCUT2D eigenvalue weighted by atomic mass is 9.87. The number of ether oxygens (including phenoxy) is 1. The zero-order valence-electron chi connectivity index (χ0n) is 14.0. The summed E-state index contributed by atoms with van der Waals surface area (Å²) in [7, 11) is 1.11. The van der Waals surface area contributed by atoms with Crippen LogP contribution in [0.1, 0.15) is 20.3 Å². The smallest absolute Gasteiger partial charge is 0.385 e. The number of rotatable bonds is 9. The number of thioether (sulfide) groups is 1. The molecule has 0 saturated carbocycles. The molecule has 138 valence electrons. The van der Waals surface area contributed by atoms with Crippen LogP contribution >= 0.6 is 11.8 Å². The van der Waals surface area contributed by atoms with Crippen molar-refractivity contribution < 1.29 is 34.1 Å². The van der Waals surface area contributed by atoms with E-state index in [0.29, 0.717) is 0 Å². The van der Waals surface area contributed by atoms with Gasteiger partial charge in [0, 0.05) is 30.7 Å². The van der Waals surface area contributed by atoms with Gasteiger partial charge in [0.05, 0.1) is 13.7 Å². The Balaban J connectivity index is 3.90. The van der Waals surface area contributed by atoms with Crippen LogP contribution in [0.25, 0.3) is 0 Å². The Kier molecular flexibility index (Phi) is 10.2. The topological polar surface area (TPSA) is 142 Å². The largest absolute Gasteiger partial charge is 0.463 e. The van der Waals surface area contributed by atoms with E-state index in [0.717, 1.165) is 18.9 Å². The maximum absolute atomic E-state index is 11.7. The summed E-state index contributed by atoms with van der Waals surface area (Å²) in [6.45, 7) is 2.93. The Morgan fingerprint density at radius 2 is 1.79 bits per heavy atom. The second-order valence-electron chi connectivity index (χ2n) is 5.57. The highest BCUT2D eigenvalue weighted by Crippen LogP contribution is 2.19. The zero-order chi connectivity index (χ0) is 18.8. The van der Waals surface area contributed by atoms with Crippen LogP contribution in [-0.2, 0) is 23.9 Å². The van der Waals surface area contributed by atoms with Gasteiger partial charge in [-0.25, -0.2) is 4.79 Å². The molecule has 9 nitrogen and oxygen atoms in total. The first kappa shape index (κ1) is 22.4. The minimum atomic E-state index is -1.38. The van der Waals surface area contributed by atoms with Crippen molar-refractivity contribution in [3.8, 4) is 0 Å². The predicted molar refractivity (Wildman–Crippen MR) is 87.0 cm³/mol. The third kappa shape index (κ3) is 8.27. The molecule has 0 heterocycles. The normalized spacial score (nSPS) is 12.2. The fourth-order valence-electron chi connectivity index (χ4n) is 1.40. The molecule has 0 aliphatic rings. The highest BCUT2D eigenvalue weighted by molar-refractivity contribution is 8.15. The molecule has 0 bridgehead atoms. The van der Waals surface area contributed by atoms with Crippen molar-refractivity contribution in [1.29, 1.82) is 0 Å². The van der Waals surface area contributed by atoms with E-state index in [-0.39, 0.29) is 37.8 Å². The van der Waals surface area contributed by atoms with Gasteiger partial charge in [-0.3, -0.25) is 14.4 Å². The van der Waals surface area contributed by atoms with Gasteiger partial charge in [0.25, 0.3) is 5.12 Å². The first-order valence-corrected chi connectivity index (χ1v) is 8.22. The second-order valence-corrected chi connectivity index (χ2v) is 6.64. The quantitative estimate of drug-likeness (QED) is 0.218. The van der Waals surface area contributed by atoms with Gasteiger partial charge in [0.1, 0.15) is 6.10 Å². The maximum atomic E-state index is 11.7. The average molecular weight is 364 g/mol. The van der Waals surface area contributed by atoms with E-state index < -0.39 is 28.5 Å². The van der Waals surface area contributed by atoms with Crippen LogP contribution in [0.3, 0.4) is 0 Å². The van der Waals surface area contributed by atoms with Crippen molar-refractivity contribution in [3.05, 3.63) is 0 Å². The van der Waals surface area contributed by atoms with Crippen LogP contribution in [0.2, 0.25) is 0 Å². The summed E-state index contributed by atoms with van der Waals surface area (Å²) in [5.41, 5.74) is -0.976. The van der Waals surface area contributed by atoms with Crippen LogP contribution in [0.4, 0.5) is 0 Å². The summed E-state index contributed by atoms with van der Waals surface area (Å²) in [5.74, 6) is -1.74. The average Bonchev–Trinajstić information content (AvgIpc) is 2.56. The van der Waals surface area contributed by atoms with E-state index >= 15 is 0 Å². The van der Waals surface area contributed by atoms with Gasteiger partial charge < -0.3 is 25.6 Å². The van der Waals surface area contributed by atoms with E-state index in [1.165, 1.54) is 13.8 Å². The monoisotopic (exact) mass is 364 g/mol. The van der Waals surface area contributed by atoms with Crippen LogP contribution in [-0.4, -0.2) is 71.8 Å². The summed E-state index contributed by atoms with van der Waals surface area (Å²) in [4.78, 5) is 45.2. The fourth-order valence-corrected chi connectivity index (χ4v) is 1.99. The second kappa shape index (κ2) is 11.0. The van der Waals surface area contributed by atoms with E-state index in [1.807, 2.05) is 0 Å². The molecular formula is C14H24N2O7S. The molecular weight excluding hydrogens is 340 g/mol. The van der Waals surface area contributed by atoms with Crippen molar-refractivity contribution >= 4 is 34.7 Å². The molecule has 0 aliphatic carbocycles. The molecule has 1 atom stereocenters.